The minimum atomic E-state index is -0.723. The highest BCUT2D eigenvalue weighted by molar-refractivity contribution is 5.72. The van der Waals surface area contributed by atoms with Crippen LogP contribution in [0.25, 0.3) is 0 Å². The second-order valence-corrected chi connectivity index (χ2v) is 8.17. The molecule has 0 saturated carbocycles. The highest BCUT2D eigenvalue weighted by Crippen LogP contribution is 2.23. The van der Waals surface area contributed by atoms with Gasteiger partial charge in [-0.25, -0.2) is 21.3 Å². The zero-order valence-electron chi connectivity index (χ0n) is 18.4. The molecule has 0 aromatic heterocycles. The van der Waals surface area contributed by atoms with Crippen molar-refractivity contribution < 1.29 is 9.59 Å². The predicted molar refractivity (Wildman–Crippen MR) is 126 cm³/mol. The Labute approximate surface area is 188 Å². The second-order valence-electron chi connectivity index (χ2n) is 8.17. The Kier molecular flexibility index (Phi) is 8.68. The maximum atomic E-state index is 11.8. The Hall–Kier alpha value is -3.50. The molecule has 2 aromatic rings. The van der Waals surface area contributed by atoms with Gasteiger partial charge in [-0.05, 0) is 67.0 Å². The van der Waals surface area contributed by atoms with Gasteiger partial charge in [-0.3, -0.25) is 10.0 Å². The number of carbonyl (C=O) groups is 2. The fourth-order valence-corrected chi connectivity index (χ4v) is 3.86. The van der Waals surface area contributed by atoms with Crippen LogP contribution in [0.4, 0.5) is 21.0 Å². The van der Waals surface area contributed by atoms with Gasteiger partial charge in [-0.2, -0.15) is 0 Å². The first-order valence-electron chi connectivity index (χ1n) is 10.4. The summed E-state index contributed by atoms with van der Waals surface area (Å²) in [5.74, 6) is 11.9. The highest BCUT2D eigenvalue weighted by atomic mass is 16.2. The number of hydrazine groups is 2. The first kappa shape index (κ1) is 24.8. The van der Waals surface area contributed by atoms with Crippen LogP contribution in [0.15, 0.2) is 48.5 Å². The van der Waals surface area contributed by atoms with Crippen molar-refractivity contribution in [2.24, 2.45) is 29.1 Å². The van der Waals surface area contributed by atoms with Gasteiger partial charge in [0, 0.05) is 11.4 Å². The van der Waals surface area contributed by atoms with E-state index < -0.39 is 12.1 Å². The lowest BCUT2D eigenvalue weighted by molar-refractivity contribution is 0.145. The largest absolute Gasteiger partial charge is 0.399 e. The lowest BCUT2D eigenvalue weighted by Crippen LogP contribution is -2.53. The lowest BCUT2D eigenvalue weighted by Gasteiger charge is -2.33. The van der Waals surface area contributed by atoms with E-state index in [9.17, 15) is 9.59 Å². The van der Waals surface area contributed by atoms with Gasteiger partial charge in [-0.15, -0.1) is 0 Å². The number of nitrogen functional groups attached to an aromatic ring is 2. The van der Waals surface area contributed by atoms with Gasteiger partial charge >= 0.3 is 12.1 Å². The Morgan fingerprint density at radius 1 is 0.812 bits per heavy atom. The molecule has 0 aliphatic heterocycles. The molecular weight excluding hydrogens is 408 g/mol. The molecule has 0 saturated heterocycles. The molecule has 0 heterocycles. The number of rotatable bonds is 10. The van der Waals surface area contributed by atoms with Crippen LogP contribution in [0.3, 0.4) is 0 Å². The maximum absolute atomic E-state index is 11.8. The molecule has 0 bridgehead atoms. The number of benzene rings is 2. The van der Waals surface area contributed by atoms with Gasteiger partial charge in [-0.1, -0.05) is 31.2 Å². The van der Waals surface area contributed by atoms with Crippen molar-refractivity contribution >= 4 is 23.4 Å². The van der Waals surface area contributed by atoms with Crippen molar-refractivity contribution in [3.8, 4) is 0 Å². The molecule has 12 N–H and O–H groups in total. The number of hydrogen-bond acceptors (Lipinski definition) is 6. The maximum Gasteiger partial charge on any atom is 0.329 e. The SMILES string of the molecule is CC(CCC(Cc1cccc(N)c1)N(N)C(N)=O)C(Cc1cccc(N)c1)N(N)C(N)=O. The van der Waals surface area contributed by atoms with Crippen molar-refractivity contribution in [1.82, 2.24) is 10.0 Å². The number of anilines is 2. The third-order valence-electron chi connectivity index (χ3n) is 5.69. The summed E-state index contributed by atoms with van der Waals surface area (Å²) in [6.07, 6.45) is 2.12. The van der Waals surface area contributed by atoms with E-state index in [1.165, 1.54) is 0 Å². The van der Waals surface area contributed by atoms with Crippen LogP contribution in [0.5, 0.6) is 0 Å². The molecular formula is C22H34N8O2. The Morgan fingerprint density at radius 2 is 1.31 bits per heavy atom. The quantitative estimate of drug-likeness (QED) is 0.139. The number of nitrogens with zero attached hydrogens (tertiary/aromatic N) is 2. The minimum absolute atomic E-state index is 0.0569. The first-order chi connectivity index (χ1) is 15.1. The molecule has 0 fully saturated rings. The van der Waals surface area contributed by atoms with E-state index in [0.29, 0.717) is 37.1 Å². The predicted octanol–water partition coefficient (Wildman–Crippen LogP) is 1.30. The van der Waals surface area contributed by atoms with Gasteiger partial charge in [0.05, 0.1) is 12.1 Å². The fraction of sp³-hybridized carbons (Fsp3) is 0.364. The Morgan fingerprint density at radius 3 is 1.78 bits per heavy atom. The molecule has 10 heteroatoms. The van der Waals surface area contributed by atoms with Gasteiger partial charge in [0.1, 0.15) is 0 Å². The monoisotopic (exact) mass is 442 g/mol. The average molecular weight is 443 g/mol. The highest BCUT2D eigenvalue weighted by Gasteiger charge is 2.28. The molecule has 3 unspecified atom stereocenters. The third-order valence-corrected chi connectivity index (χ3v) is 5.69. The van der Waals surface area contributed by atoms with Crippen molar-refractivity contribution in [1.29, 1.82) is 0 Å². The first-order valence-corrected chi connectivity index (χ1v) is 10.4. The van der Waals surface area contributed by atoms with Crippen molar-refractivity contribution in [2.75, 3.05) is 11.5 Å². The molecule has 174 valence electrons. The van der Waals surface area contributed by atoms with Crippen molar-refractivity contribution in [2.45, 2.75) is 44.7 Å². The summed E-state index contributed by atoms with van der Waals surface area (Å²) in [6, 6.07) is 12.6. The number of hydrogen-bond donors (Lipinski definition) is 6. The van der Waals surface area contributed by atoms with E-state index in [0.717, 1.165) is 21.1 Å². The average Bonchev–Trinajstić information content (AvgIpc) is 2.73. The number of primary amides is 2. The van der Waals surface area contributed by atoms with Crippen LogP contribution in [0.2, 0.25) is 0 Å². The molecule has 2 aromatic carbocycles. The van der Waals surface area contributed by atoms with Crippen LogP contribution < -0.4 is 34.6 Å². The summed E-state index contributed by atoms with van der Waals surface area (Å²) in [5, 5.41) is 2.09. The smallest absolute Gasteiger partial charge is 0.329 e. The van der Waals surface area contributed by atoms with Crippen molar-refractivity contribution in [3.63, 3.8) is 0 Å². The van der Waals surface area contributed by atoms with Crippen LogP contribution in [0, 0.1) is 5.92 Å². The molecule has 32 heavy (non-hydrogen) atoms. The normalized spacial score (nSPS) is 13.7. The summed E-state index contributed by atoms with van der Waals surface area (Å²) in [5.41, 5.74) is 25.8. The molecule has 4 amide bonds. The summed E-state index contributed by atoms with van der Waals surface area (Å²) >= 11 is 0. The van der Waals surface area contributed by atoms with Crippen LogP contribution in [0.1, 0.15) is 30.9 Å². The molecule has 10 nitrogen and oxygen atoms in total. The molecule has 0 aliphatic carbocycles. The minimum Gasteiger partial charge on any atom is -0.399 e. The molecule has 0 spiro atoms. The van der Waals surface area contributed by atoms with E-state index in [2.05, 4.69) is 0 Å². The molecule has 3 atom stereocenters. The summed E-state index contributed by atoms with van der Waals surface area (Å²) < 4.78 is 0. The summed E-state index contributed by atoms with van der Waals surface area (Å²) in [7, 11) is 0. The zero-order valence-corrected chi connectivity index (χ0v) is 18.4. The van der Waals surface area contributed by atoms with E-state index in [1.807, 2.05) is 43.3 Å². The Balaban J connectivity index is 2.16. The van der Waals surface area contributed by atoms with E-state index >= 15 is 0 Å². The lowest BCUT2D eigenvalue weighted by atomic mass is 9.88. The van der Waals surface area contributed by atoms with Crippen LogP contribution in [-0.2, 0) is 12.8 Å². The molecule has 2 rings (SSSR count). The second kappa shape index (κ2) is 11.2. The topological polar surface area (TPSA) is 197 Å². The van der Waals surface area contributed by atoms with Gasteiger partial charge in [0.25, 0.3) is 0 Å². The van der Waals surface area contributed by atoms with E-state index in [4.69, 9.17) is 34.6 Å². The van der Waals surface area contributed by atoms with Gasteiger partial charge in [0.2, 0.25) is 0 Å². The number of nitrogens with two attached hydrogens (primary N) is 6. The van der Waals surface area contributed by atoms with E-state index in [-0.39, 0.29) is 18.0 Å². The number of carbonyl (C=O) groups excluding carboxylic acids is 2. The third kappa shape index (κ3) is 7.03. The standard InChI is InChI=1S/C22H34N8O2/c1-14(20(30(28)22(26)32)13-16-5-3-7-18(24)11-16)8-9-19(29(27)21(25)31)12-15-4-2-6-17(23)10-15/h2-7,10-11,14,19-20H,8-9,12-13,23-24,27-28H2,1H3,(H2,25,31)(H2,26,32). The van der Waals surface area contributed by atoms with Crippen LogP contribution >= 0.6 is 0 Å². The number of urea groups is 2. The molecule has 0 radical (unpaired) electrons. The summed E-state index contributed by atoms with van der Waals surface area (Å²) in [6.45, 7) is 1.97. The van der Waals surface area contributed by atoms with Gasteiger partial charge < -0.3 is 22.9 Å². The fourth-order valence-electron chi connectivity index (χ4n) is 3.86. The number of amides is 4. The Bertz CT molecular complexity index is 922. The van der Waals surface area contributed by atoms with Crippen molar-refractivity contribution in [3.05, 3.63) is 59.7 Å². The van der Waals surface area contributed by atoms with Crippen LogP contribution in [-0.4, -0.2) is 34.2 Å². The van der Waals surface area contributed by atoms with Gasteiger partial charge in [0.15, 0.2) is 0 Å². The molecule has 0 aliphatic rings. The zero-order chi connectivity index (χ0) is 23.8. The van der Waals surface area contributed by atoms with E-state index in [1.54, 1.807) is 12.1 Å². The summed E-state index contributed by atoms with van der Waals surface area (Å²) in [4.78, 5) is 23.6.